The monoisotopic (exact) mass is 433 g/mol. The van der Waals surface area contributed by atoms with E-state index in [1.165, 1.54) is 5.56 Å². The molecule has 32 heavy (non-hydrogen) atoms. The Labute approximate surface area is 191 Å². The van der Waals surface area contributed by atoms with Gasteiger partial charge in [-0.2, -0.15) is 0 Å². The lowest BCUT2D eigenvalue weighted by molar-refractivity contribution is -0.127. The number of nitrogens with one attached hydrogen (secondary N) is 1. The van der Waals surface area contributed by atoms with Gasteiger partial charge in [0.15, 0.2) is 0 Å². The van der Waals surface area contributed by atoms with Gasteiger partial charge in [-0.25, -0.2) is 0 Å². The van der Waals surface area contributed by atoms with E-state index in [0.717, 1.165) is 38.6 Å². The molecule has 5 heteroatoms. The normalized spacial score (nSPS) is 25.5. The fraction of sp³-hybridized carbons (Fsp3) is 0.481. The van der Waals surface area contributed by atoms with Gasteiger partial charge in [0.1, 0.15) is 0 Å². The Bertz CT molecular complexity index is 918. The van der Waals surface area contributed by atoms with Crippen LogP contribution in [0.25, 0.3) is 0 Å². The zero-order valence-electron chi connectivity index (χ0n) is 19.3. The van der Waals surface area contributed by atoms with E-state index in [1.807, 2.05) is 35.2 Å². The second-order valence-electron chi connectivity index (χ2n) is 9.76. The molecule has 1 aliphatic carbocycles. The van der Waals surface area contributed by atoms with Crippen LogP contribution >= 0.6 is 0 Å². The zero-order chi connectivity index (χ0) is 22.6. The third-order valence-corrected chi connectivity index (χ3v) is 7.64. The van der Waals surface area contributed by atoms with E-state index in [9.17, 15) is 9.59 Å². The molecule has 0 aromatic heterocycles. The topological polar surface area (TPSA) is 52.7 Å². The molecule has 1 N–H and O–H groups in total. The molecule has 5 nitrogen and oxygen atoms in total. The maximum atomic E-state index is 12.8. The molecular weight excluding hydrogens is 398 g/mol. The number of nitrogens with zero attached hydrogens (tertiary/aromatic N) is 2. The first-order valence-corrected chi connectivity index (χ1v) is 11.8. The number of likely N-dealkylation sites (tertiary alicyclic amines) is 1. The number of rotatable bonds is 7. The molecule has 2 amide bonds. The van der Waals surface area contributed by atoms with Gasteiger partial charge in [0, 0.05) is 37.2 Å². The van der Waals surface area contributed by atoms with Crippen LogP contribution in [0.2, 0.25) is 0 Å². The number of hydrogen-bond acceptors (Lipinski definition) is 3. The van der Waals surface area contributed by atoms with Gasteiger partial charge < -0.3 is 10.2 Å². The number of hydrogen-bond donors (Lipinski definition) is 1. The molecule has 2 fully saturated rings. The lowest BCUT2D eigenvalue weighted by atomic mass is 9.64. The van der Waals surface area contributed by atoms with Crippen LogP contribution in [0.5, 0.6) is 0 Å². The van der Waals surface area contributed by atoms with E-state index in [4.69, 9.17) is 0 Å². The van der Waals surface area contributed by atoms with Crippen molar-refractivity contribution in [2.75, 3.05) is 33.7 Å². The fourth-order valence-corrected chi connectivity index (χ4v) is 5.62. The molecule has 2 aromatic carbocycles. The average Bonchev–Trinajstić information content (AvgIpc) is 3.13. The van der Waals surface area contributed by atoms with Crippen molar-refractivity contribution in [2.24, 2.45) is 5.41 Å². The Kier molecular flexibility index (Phi) is 6.66. The second-order valence-corrected chi connectivity index (χ2v) is 9.76. The minimum Gasteiger partial charge on any atom is -0.352 e. The molecule has 170 valence electrons. The maximum Gasteiger partial charge on any atom is 0.251 e. The summed E-state index contributed by atoms with van der Waals surface area (Å²) in [6.07, 6.45) is 5.77. The van der Waals surface area contributed by atoms with Gasteiger partial charge in [-0.1, -0.05) is 48.5 Å². The number of carbonyl (C=O) groups excluding carboxylic acids is 2. The molecule has 4 rings (SSSR count). The lowest BCUT2D eigenvalue weighted by Crippen LogP contribution is -2.47. The van der Waals surface area contributed by atoms with Crippen molar-refractivity contribution in [1.82, 2.24) is 15.1 Å². The van der Waals surface area contributed by atoms with Crippen molar-refractivity contribution in [3.8, 4) is 0 Å². The highest BCUT2D eigenvalue weighted by Gasteiger charge is 2.49. The molecular formula is C27H35N3O2. The van der Waals surface area contributed by atoms with Crippen molar-refractivity contribution in [2.45, 2.75) is 44.1 Å². The molecule has 1 heterocycles. The molecule has 0 radical (unpaired) electrons. The number of amides is 2. The molecule has 2 aliphatic rings. The summed E-state index contributed by atoms with van der Waals surface area (Å²) in [7, 11) is 4.36. The van der Waals surface area contributed by atoms with Gasteiger partial charge in [0.2, 0.25) is 5.91 Å². The predicted octanol–water partition coefficient (Wildman–Crippen LogP) is 4.06. The Morgan fingerprint density at radius 2 is 1.59 bits per heavy atom. The minimum atomic E-state index is -0.0527. The van der Waals surface area contributed by atoms with Crippen molar-refractivity contribution >= 4 is 11.8 Å². The van der Waals surface area contributed by atoms with Gasteiger partial charge in [0.25, 0.3) is 5.91 Å². The maximum absolute atomic E-state index is 12.8. The van der Waals surface area contributed by atoms with E-state index in [2.05, 4.69) is 54.6 Å². The third-order valence-electron chi connectivity index (χ3n) is 7.64. The first-order valence-electron chi connectivity index (χ1n) is 11.8. The Balaban J connectivity index is 1.29. The van der Waals surface area contributed by atoms with Crippen LogP contribution in [0.15, 0.2) is 60.7 Å². The molecule has 1 spiro atoms. The van der Waals surface area contributed by atoms with Gasteiger partial charge in [-0.05, 0) is 69.3 Å². The summed E-state index contributed by atoms with van der Waals surface area (Å²) in [6, 6.07) is 20.1. The molecule has 0 bridgehead atoms. The summed E-state index contributed by atoms with van der Waals surface area (Å²) in [5.41, 5.74) is 2.23. The SMILES string of the molecule is CN(C)[C@]1(c2ccccc2)CC[C@@]2(CC1)CC(=O)N(CCCNC(=O)c1ccccc1)C2. The van der Waals surface area contributed by atoms with Crippen molar-refractivity contribution < 1.29 is 9.59 Å². The number of benzene rings is 2. The van der Waals surface area contributed by atoms with Crippen LogP contribution in [0.1, 0.15) is 54.4 Å². The standard InChI is InChI=1S/C27H35N3O2/c1-29(2)27(23-12-7-4-8-13-23)16-14-26(15-17-27)20-24(31)30(21-26)19-9-18-28-25(32)22-10-5-3-6-11-22/h3-8,10-13H,9,14-21H2,1-2H3,(H,28,32)/t26-,27-. The molecule has 0 atom stereocenters. The van der Waals surface area contributed by atoms with Crippen molar-refractivity contribution in [1.29, 1.82) is 0 Å². The number of carbonyl (C=O) groups is 2. The van der Waals surface area contributed by atoms with Crippen LogP contribution in [0, 0.1) is 5.41 Å². The van der Waals surface area contributed by atoms with Crippen LogP contribution in [0.3, 0.4) is 0 Å². The third kappa shape index (κ3) is 4.58. The van der Waals surface area contributed by atoms with Crippen LogP contribution in [-0.2, 0) is 10.3 Å². The van der Waals surface area contributed by atoms with E-state index < -0.39 is 0 Å². The quantitative estimate of drug-likeness (QED) is 0.670. The summed E-state index contributed by atoms with van der Waals surface area (Å²) >= 11 is 0. The highest BCUT2D eigenvalue weighted by molar-refractivity contribution is 5.94. The van der Waals surface area contributed by atoms with E-state index in [-0.39, 0.29) is 22.8 Å². The average molecular weight is 434 g/mol. The van der Waals surface area contributed by atoms with Crippen molar-refractivity contribution in [3.05, 3.63) is 71.8 Å². The first-order chi connectivity index (χ1) is 15.4. The van der Waals surface area contributed by atoms with Crippen molar-refractivity contribution in [3.63, 3.8) is 0 Å². The lowest BCUT2D eigenvalue weighted by Gasteiger charge is -2.48. The molecule has 1 saturated heterocycles. The van der Waals surface area contributed by atoms with E-state index in [1.54, 1.807) is 0 Å². The molecule has 0 unspecified atom stereocenters. The van der Waals surface area contributed by atoms with E-state index in [0.29, 0.717) is 25.1 Å². The highest BCUT2D eigenvalue weighted by Crippen LogP contribution is 2.52. The largest absolute Gasteiger partial charge is 0.352 e. The van der Waals surface area contributed by atoms with Crippen LogP contribution < -0.4 is 5.32 Å². The summed E-state index contributed by atoms with van der Waals surface area (Å²) in [5.74, 6) is 0.222. The highest BCUT2D eigenvalue weighted by atomic mass is 16.2. The Morgan fingerprint density at radius 1 is 0.969 bits per heavy atom. The molecule has 2 aromatic rings. The van der Waals surface area contributed by atoms with Gasteiger partial charge in [-0.3, -0.25) is 14.5 Å². The van der Waals surface area contributed by atoms with Gasteiger partial charge in [-0.15, -0.1) is 0 Å². The Hall–Kier alpha value is -2.66. The van der Waals surface area contributed by atoms with Crippen LogP contribution in [0.4, 0.5) is 0 Å². The fourth-order valence-electron chi connectivity index (χ4n) is 5.62. The summed E-state index contributed by atoms with van der Waals surface area (Å²) in [6.45, 7) is 2.16. The molecule has 1 aliphatic heterocycles. The van der Waals surface area contributed by atoms with Gasteiger partial charge >= 0.3 is 0 Å². The first kappa shape index (κ1) is 22.5. The second kappa shape index (κ2) is 9.45. The minimum absolute atomic E-state index is 0.0527. The molecule has 1 saturated carbocycles. The zero-order valence-corrected chi connectivity index (χ0v) is 19.3. The van der Waals surface area contributed by atoms with E-state index >= 15 is 0 Å². The summed E-state index contributed by atoms with van der Waals surface area (Å²) in [5, 5.41) is 2.97. The van der Waals surface area contributed by atoms with Crippen LogP contribution in [-0.4, -0.2) is 55.3 Å². The summed E-state index contributed by atoms with van der Waals surface area (Å²) < 4.78 is 0. The smallest absolute Gasteiger partial charge is 0.251 e. The predicted molar refractivity (Wildman–Crippen MR) is 127 cm³/mol. The van der Waals surface area contributed by atoms with Gasteiger partial charge in [0.05, 0.1) is 0 Å². The summed E-state index contributed by atoms with van der Waals surface area (Å²) in [4.78, 5) is 29.4. The Morgan fingerprint density at radius 3 is 2.22 bits per heavy atom.